The number of rotatable bonds is 4. The molecule has 0 bridgehead atoms. The predicted molar refractivity (Wildman–Crippen MR) is 78.1 cm³/mol. The van der Waals surface area contributed by atoms with Gasteiger partial charge in [-0.2, -0.15) is 0 Å². The maximum Gasteiger partial charge on any atom is 0.223 e. The molecule has 1 atom stereocenters. The molecule has 1 N–H and O–H groups in total. The van der Waals surface area contributed by atoms with Gasteiger partial charge in [-0.15, -0.1) is 0 Å². The lowest BCUT2D eigenvalue weighted by molar-refractivity contribution is -0.159. The molecule has 4 heteroatoms. The minimum atomic E-state index is 0.316. The van der Waals surface area contributed by atoms with Crippen molar-refractivity contribution < 1.29 is 4.79 Å². The van der Waals surface area contributed by atoms with Crippen LogP contribution in [0, 0.1) is 11.3 Å². The molecule has 1 unspecified atom stereocenters. The number of aromatic nitrogens is 2. The fraction of sp³-hybridized carbons (Fsp3) is 0.750. The monoisotopic (exact) mass is 275 g/mol. The van der Waals surface area contributed by atoms with Gasteiger partial charge in [-0.05, 0) is 25.2 Å². The second-order valence-electron chi connectivity index (χ2n) is 6.86. The van der Waals surface area contributed by atoms with Crippen molar-refractivity contribution in [2.24, 2.45) is 11.3 Å². The average molecular weight is 275 g/mol. The smallest absolute Gasteiger partial charge is 0.223 e. The number of aryl methyl sites for hydroxylation is 1. The molecule has 110 valence electrons. The topological polar surface area (TPSA) is 49.0 Å². The van der Waals surface area contributed by atoms with Gasteiger partial charge in [-0.1, -0.05) is 26.7 Å². The van der Waals surface area contributed by atoms with Gasteiger partial charge in [0.05, 0.1) is 6.33 Å². The van der Waals surface area contributed by atoms with E-state index in [0.29, 0.717) is 29.7 Å². The van der Waals surface area contributed by atoms with Crippen LogP contribution in [0.4, 0.5) is 0 Å². The second kappa shape index (κ2) is 5.23. The van der Waals surface area contributed by atoms with Crippen molar-refractivity contribution in [1.82, 2.24) is 14.9 Å². The Morgan fingerprint density at radius 2 is 2.25 bits per heavy atom. The molecule has 2 aliphatic rings. The van der Waals surface area contributed by atoms with Crippen molar-refractivity contribution in [2.75, 3.05) is 6.54 Å². The van der Waals surface area contributed by atoms with Crippen LogP contribution in [0.15, 0.2) is 12.5 Å². The summed E-state index contributed by atoms with van der Waals surface area (Å²) in [6, 6.07) is 0.472. The zero-order valence-corrected chi connectivity index (χ0v) is 12.6. The van der Waals surface area contributed by atoms with Gasteiger partial charge in [0, 0.05) is 36.3 Å². The predicted octanol–water partition coefficient (Wildman–Crippen LogP) is 2.77. The Balaban J connectivity index is 1.60. The minimum Gasteiger partial charge on any atom is -0.348 e. The van der Waals surface area contributed by atoms with E-state index < -0.39 is 0 Å². The number of carbonyl (C=O) groups is 1. The second-order valence-corrected chi connectivity index (χ2v) is 6.86. The first kappa shape index (κ1) is 13.7. The van der Waals surface area contributed by atoms with E-state index in [2.05, 4.69) is 28.7 Å². The van der Waals surface area contributed by atoms with E-state index in [-0.39, 0.29) is 0 Å². The first-order valence-corrected chi connectivity index (χ1v) is 7.89. The molecule has 2 fully saturated rings. The largest absolute Gasteiger partial charge is 0.348 e. The van der Waals surface area contributed by atoms with Crippen LogP contribution in [-0.4, -0.2) is 33.4 Å². The Morgan fingerprint density at radius 3 is 2.85 bits per heavy atom. The quantitative estimate of drug-likeness (QED) is 0.918. The number of amides is 1. The van der Waals surface area contributed by atoms with Crippen LogP contribution in [0.25, 0.3) is 0 Å². The third-order valence-corrected chi connectivity index (χ3v) is 5.16. The van der Waals surface area contributed by atoms with E-state index in [1.165, 1.54) is 25.7 Å². The Labute approximate surface area is 121 Å². The zero-order valence-electron chi connectivity index (χ0n) is 12.6. The maximum absolute atomic E-state index is 12.5. The molecule has 2 heterocycles. The molecule has 1 saturated heterocycles. The van der Waals surface area contributed by atoms with Gasteiger partial charge in [0.15, 0.2) is 0 Å². The van der Waals surface area contributed by atoms with Crippen molar-refractivity contribution in [2.45, 2.75) is 58.4 Å². The lowest BCUT2D eigenvalue weighted by Crippen LogP contribution is -2.67. The molecule has 0 radical (unpaired) electrons. The summed E-state index contributed by atoms with van der Waals surface area (Å²) in [4.78, 5) is 21.7. The fourth-order valence-electron chi connectivity index (χ4n) is 4.40. The van der Waals surface area contributed by atoms with E-state index in [4.69, 9.17) is 0 Å². The molecule has 1 spiro atoms. The fourth-order valence-corrected chi connectivity index (χ4v) is 4.40. The Kier molecular flexibility index (Phi) is 3.57. The summed E-state index contributed by atoms with van der Waals surface area (Å²) in [6.45, 7) is 5.52. The van der Waals surface area contributed by atoms with E-state index in [1.807, 2.05) is 6.20 Å². The van der Waals surface area contributed by atoms with E-state index in [1.54, 1.807) is 6.33 Å². The molecule has 20 heavy (non-hydrogen) atoms. The molecular formula is C16H25N3O. The maximum atomic E-state index is 12.5. The Bertz CT molecular complexity index is 460. The van der Waals surface area contributed by atoms with Crippen LogP contribution >= 0.6 is 0 Å². The van der Waals surface area contributed by atoms with Crippen LogP contribution < -0.4 is 0 Å². The summed E-state index contributed by atoms with van der Waals surface area (Å²) < 4.78 is 0. The number of aromatic amines is 1. The highest BCUT2D eigenvalue weighted by molar-refractivity contribution is 5.78. The molecule has 1 aromatic rings. The molecule has 1 aliphatic heterocycles. The summed E-state index contributed by atoms with van der Waals surface area (Å²) in [7, 11) is 0. The Hall–Kier alpha value is -1.32. The molecule has 1 aromatic heterocycles. The first-order chi connectivity index (χ1) is 9.62. The van der Waals surface area contributed by atoms with E-state index >= 15 is 0 Å². The lowest BCUT2D eigenvalue weighted by atomic mass is 9.65. The van der Waals surface area contributed by atoms with Gasteiger partial charge in [-0.3, -0.25) is 4.79 Å². The van der Waals surface area contributed by atoms with E-state index in [0.717, 1.165) is 18.7 Å². The SMILES string of the molecule is CC(C)C1N(C(=O)CCc2cnc[nH]2)CC12CCCC2. The van der Waals surface area contributed by atoms with Crippen molar-refractivity contribution in [3.8, 4) is 0 Å². The summed E-state index contributed by atoms with van der Waals surface area (Å²) >= 11 is 0. The number of hydrogen-bond donors (Lipinski definition) is 1. The van der Waals surface area contributed by atoms with Crippen LogP contribution in [0.2, 0.25) is 0 Å². The van der Waals surface area contributed by atoms with Crippen molar-refractivity contribution in [1.29, 1.82) is 0 Å². The molecule has 0 aromatic carbocycles. The summed E-state index contributed by atoms with van der Waals surface area (Å²) in [5.74, 6) is 0.883. The molecular weight excluding hydrogens is 250 g/mol. The number of hydrogen-bond acceptors (Lipinski definition) is 2. The summed E-state index contributed by atoms with van der Waals surface area (Å²) in [5.41, 5.74) is 1.51. The van der Waals surface area contributed by atoms with Crippen LogP contribution in [0.3, 0.4) is 0 Å². The number of carbonyl (C=O) groups excluding carboxylic acids is 1. The standard InChI is InChI=1S/C16H25N3O/c1-12(2)15-16(7-3-4-8-16)10-19(15)14(20)6-5-13-9-17-11-18-13/h9,11-12,15H,3-8,10H2,1-2H3,(H,17,18). The average Bonchev–Trinajstić information content (AvgIpc) is 3.05. The molecule has 3 rings (SSSR count). The van der Waals surface area contributed by atoms with Crippen molar-refractivity contribution >= 4 is 5.91 Å². The molecule has 1 amide bonds. The number of imidazole rings is 1. The van der Waals surface area contributed by atoms with Crippen LogP contribution in [0.5, 0.6) is 0 Å². The highest BCUT2D eigenvalue weighted by Gasteiger charge is 2.55. The van der Waals surface area contributed by atoms with Gasteiger partial charge in [0.25, 0.3) is 0 Å². The zero-order chi connectivity index (χ0) is 14.2. The third kappa shape index (κ3) is 2.25. The van der Waals surface area contributed by atoms with Gasteiger partial charge in [0.1, 0.15) is 0 Å². The normalized spacial score (nSPS) is 24.4. The number of nitrogens with one attached hydrogen (secondary N) is 1. The van der Waals surface area contributed by atoms with Crippen molar-refractivity contribution in [3.63, 3.8) is 0 Å². The highest BCUT2D eigenvalue weighted by atomic mass is 16.2. The van der Waals surface area contributed by atoms with Gasteiger partial charge in [-0.25, -0.2) is 4.98 Å². The van der Waals surface area contributed by atoms with Gasteiger partial charge in [0.2, 0.25) is 5.91 Å². The number of H-pyrrole nitrogens is 1. The van der Waals surface area contributed by atoms with Gasteiger partial charge < -0.3 is 9.88 Å². The van der Waals surface area contributed by atoms with Crippen LogP contribution in [0.1, 0.15) is 51.6 Å². The Morgan fingerprint density at radius 1 is 1.50 bits per heavy atom. The number of likely N-dealkylation sites (tertiary alicyclic amines) is 1. The molecule has 4 nitrogen and oxygen atoms in total. The molecule has 1 saturated carbocycles. The lowest BCUT2D eigenvalue weighted by Gasteiger charge is -2.58. The third-order valence-electron chi connectivity index (χ3n) is 5.16. The highest BCUT2D eigenvalue weighted by Crippen LogP contribution is 2.53. The van der Waals surface area contributed by atoms with Gasteiger partial charge >= 0.3 is 0 Å². The molecule has 1 aliphatic carbocycles. The van der Waals surface area contributed by atoms with E-state index in [9.17, 15) is 4.79 Å². The number of nitrogens with zero attached hydrogens (tertiary/aromatic N) is 2. The minimum absolute atomic E-state index is 0.316. The van der Waals surface area contributed by atoms with Crippen LogP contribution in [-0.2, 0) is 11.2 Å². The summed E-state index contributed by atoms with van der Waals surface area (Å²) in [5, 5.41) is 0. The summed E-state index contributed by atoms with van der Waals surface area (Å²) in [6.07, 6.45) is 10.2. The van der Waals surface area contributed by atoms with Crippen molar-refractivity contribution in [3.05, 3.63) is 18.2 Å². The first-order valence-electron chi connectivity index (χ1n) is 7.89.